The molecule has 150 valence electrons. The van der Waals surface area contributed by atoms with Crippen LogP contribution in [0.4, 0.5) is 5.69 Å². The van der Waals surface area contributed by atoms with E-state index < -0.39 is 0 Å². The van der Waals surface area contributed by atoms with Crippen molar-refractivity contribution >= 4 is 22.8 Å². The Labute approximate surface area is 170 Å². The highest BCUT2D eigenvalue weighted by Gasteiger charge is 2.26. The van der Waals surface area contributed by atoms with Gasteiger partial charge in [-0.1, -0.05) is 18.2 Å². The lowest BCUT2D eigenvalue weighted by atomic mass is 9.96. The fraction of sp³-hybridized carbons (Fsp3) is 0.364. The van der Waals surface area contributed by atoms with Crippen molar-refractivity contribution in [3.8, 4) is 5.75 Å². The second-order valence-corrected chi connectivity index (χ2v) is 7.14. The highest BCUT2D eigenvalue weighted by atomic mass is 16.5. The molecule has 0 saturated carbocycles. The molecule has 1 N–H and O–H groups in total. The predicted molar refractivity (Wildman–Crippen MR) is 112 cm³/mol. The number of carbonyl (C=O) groups is 1. The van der Waals surface area contributed by atoms with E-state index in [4.69, 9.17) is 4.74 Å². The third kappa shape index (κ3) is 4.45. The summed E-state index contributed by atoms with van der Waals surface area (Å²) in [6.07, 6.45) is 6.97. The molecule has 3 heterocycles. The number of amides is 1. The number of carbonyl (C=O) groups excluding carboxylic acids is 1. The van der Waals surface area contributed by atoms with Gasteiger partial charge in [0.25, 0.3) is 0 Å². The Kier molecular flexibility index (Phi) is 5.84. The minimum Gasteiger partial charge on any atom is -0.494 e. The number of nitrogens with one attached hydrogen (secondary N) is 1. The van der Waals surface area contributed by atoms with Gasteiger partial charge in [-0.2, -0.15) is 0 Å². The highest BCUT2D eigenvalue weighted by Crippen LogP contribution is 2.25. The van der Waals surface area contributed by atoms with Gasteiger partial charge in [0.1, 0.15) is 11.3 Å². The van der Waals surface area contributed by atoms with Gasteiger partial charge in [0, 0.05) is 37.6 Å². The van der Waals surface area contributed by atoms with Gasteiger partial charge in [-0.3, -0.25) is 9.78 Å². The first-order valence-corrected chi connectivity index (χ1v) is 10.0. The Bertz CT molecular complexity index is 994. The van der Waals surface area contributed by atoms with Crippen LogP contribution in [0.5, 0.6) is 5.75 Å². The molecule has 0 radical (unpaired) electrons. The van der Waals surface area contributed by atoms with Crippen molar-refractivity contribution in [3.05, 3.63) is 54.5 Å². The van der Waals surface area contributed by atoms with E-state index in [1.54, 1.807) is 12.4 Å². The van der Waals surface area contributed by atoms with Crippen molar-refractivity contribution in [3.63, 3.8) is 0 Å². The smallest absolute Gasteiger partial charge is 0.225 e. The zero-order valence-electron chi connectivity index (χ0n) is 16.5. The molecule has 3 aromatic rings. The summed E-state index contributed by atoms with van der Waals surface area (Å²) in [6.45, 7) is 4.61. The van der Waals surface area contributed by atoms with Crippen molar-refractivity contribution in [2.45, 2.75) is 26.3 Å². The first kappa shape index (κ1) is 19.1. The van der Waals surface area contributed by atoms with Crippen molar-refractivity contribution in [2.75, 3.05) is 24.6 Å². The van der Waals surface area contributed by atoms with Crippen molar-refractivity contribution in [2.24, 2.45) is 5.92 Å². The van der Waals surface area contributed by atoms with Crippen LogP contribution in [0, 0.1) is 5.92 Å². The van der Waals surface area contributed by atoms with Gasteiger partial charge in [0.2, 0.25) is 5.91 Å². The zero-order chi connectivity index (χ0) is 20.1. The molecule has 7 heteroatoms. The summed E-state index contributed by atoms with van der Waals surface area (Å²) in [6, 6.07) is 9.82. The number of hydrogen-bond donors (Lipinski definition) is 1. The van der Waals surface area contributed by atoms with E-state index >= 15 is 0 Å². The number of aromatic nitrogens is 3. The fourth-order valence-corrected chi connectivity index (χ4v) is 3.72. The number of ether oxygens (including phenoxy) is 1. The molecule has 1 aliphatic rings. The number of piperidine rings is 1. The van der Waals surface area contributed by atoms with Crippen LogP contribution in [0.2, 0.25) is 0 Å². The summed E-state index contributed by atoms with van der Waals surface area (Å²) < 4.78 is 5.65. The van der Waals surface area contributed by atoms with Crippen LogP contribution in [-0.4, -0.2) is 40.6 Å². The van der Waals surface area contributed by atoms with Gasteiger partial charge in [-0.05, 0) is 31.9 Å². The molecule has 2 aromatic heterocycles. The maximum atomic E-state index is 12.8. The zero-order valence-corrected chi connectivity index (χ0v) is 16.5. The Morgan fingerprint density at radius 3 is 3.00 bits per heavy atom. The van der Waals surface area contributed by atoms with E-state index in [1.165, 1.54) is 0 Å². The van der Waals surface area contributed by atoms with Crippen molar-refractivity contribution < 1.29 is 9.53 Å². The summed E-state index contributed by atoms with van der Waals surface area (Å²) >= 11 is 0. The average molecular weight is 391 g/mol. The van der Waals surface area contributed by atoms with Crippen LogP contribution in [-0.2, 0) is 11.3 Å². The number of hydrogen-bond acceptors (Lipinski definition) is 6. The molecule has 1 saturated heterocycles. The largest absolute Gasteiger partial charge is 0.494 e. The Hall–Kier alpha value is -3.22. The first-order chi connectivity index (χ1) is 14.2. The fourth-order valence-electron chi connectivity index (χ4n) is 3.72. The monoisotopic (exact) mass is 391 g/mol. The molecule has 1 atom stereocenters. The standard InChI is InChI=1S/C22H25N5O2/c1-2-29-20-8-4-3-6-16(20)13-26-22(28)17-7-5-11-27(15-17)18-12-19-21(25-14-18)24-10-9-23-19/h3-4,6,8-10,12,14,17H,2,5,7,11,13,15H2,1H3,(H,26,28)/t17-/m0/s1. The van der Waals surface area contributed by atoms with Crippen molar-refractivity contribution in [1.82, 2.24) is 20.3 Å². The van der Waals surface area contributed by atoms with E-state index in [-0.39, 0.29) is 11.8 Å². The van der Waals surface area contributed by atoms with Gasteiger partial charge in [-0.15, -0.1) is 0 Å². The normalized spacial score (nSPS) is 16.6. The van der Waals surface area contributed by atoms with E-state index in [0.717, 1.165) is 41.9 Å². The number of rotatable bonds is 6. The molecule has 7 nitrogen and oxygen atoms in total. The molecule has 1 fully saturated rings. The number of benzene rings is 1. The SMILES string of the molecule is CCOc1ccccc1CNC(=O)[C@H]1CCCN(c2cnc3nccnc3c2)C1. The van der Waals surface area contributed by atoms with Crippen LogP contribution in [0.15, 0.2) is 48.9 Å². The summed E-state index contributed by atoms with van der Waals surface area (Å²) in [5.41, 5.74) is 3.38. The lowest BCUT2D eigenvalue weighted by Crippen LogP contribution is -2.43. The van der Waals surface area contributed by atoms with Crippen LogP contribution < -0.4 is 15.0 Å². The summed E-state index contributed by atoms with van der Waals surface area (Å²) in [5, 5.41) is 3.09. The highest BCUT2D eigenvalue weighted by molar-refractivity contribution is 5.80. The van der Waals surface area contributed by atoms with Gasteiger partial charge in [-0.25, -0.2) is 9.97 Å². The number of nitrogens with zero attached hydrogens (tertiary/aromatic N) is 4. The first-order valence-electron chi connectivity index (χ1n) is 10.0. The lowest BCUT2D eigenvalue weighted by Gasteiger charge is -2.33. The Morgan fingerprint density at radius 1 is 1.24 bits per heavy atom. The van der Waals surface area contributed by atoms with E-state index in [2.05, 4.69) is 25.2 Å². The predicted octanol–water partition coefficient (Wildman–Crippen LogP) is 2.96. The van der Waals surface area contributed by atoms with E-state index in [0.29, 0.717) is 25.3 Å². The molecular weight excluding hydrogens is 366 g/mol. The maximum absolute atomic E-state index is 12.8. The number of pyridine rings is 1. The van der Waals surface area contributed by atoms with Gasteiger partial charge in [0.15, 0.2) is 5.65 Å². The molecule has 0 unspecified atom stereocenters. The number of fused-ring (bicyclic) bond motifs is 1. The van der Waals surface area contributed by atoms with Crippen LogP contribution in [0.3, 0.4) is 0 Å². The van der Waals surface area contributed by atoms with Crippen LogP contribution in [0.1, 0.15) is 25.3 Å². The molecule has 0 spiro atoms. The summed E-state index contributed by atoms with van der Waals surface area (Å²) in [7, 11) is 0. The van der Waals surface area contributed by atoms with Gasteiger partial charge in [0.05, 0.1) is 24.4 Å². The molecule has 0 aliphatic carbocycles. The third-order valence-corrected chi connectivity index (χ3v) is 5.19. The molecule has 0 bridgehead atoms. The van der Waals surface area contributed by atoms with Crippen molar-refractivity contribution in [1.29, 1.82) is 0 Å². The molecule has 1 aliphatic heterocycles. The van der Waals surface area contributed by atoms with E-state index in [9.17, 15) is 4.79 Å². The molecule has 4 rings (SSSR count). The third-order valence-electron chi connectivity index (χ3n) is 5.19. The van der Waals surface area contributed by atoms with Crippen LogP contribution in [0.25, 0.3) is 11.2 Å². The minimum absolute atomic E-state index is 0.0550. The Balaban J connectivity index is 1.40. The van der Waals surface area contributed by atoms with Gasteiger partial charge < -0.3 is 15.0 Å². The minimum atomic E-state index is -0.0550. The second-order valence-electron chi connectivity index (χ2n) is 7.14. The number of para-hydroxylation sites is 1. The summed E-state index contributed by atoms with van der Waals surface area (Å²) in [4.78, 5) is 28.0. The quantitative estimate of drug-likeness (QED) is 0.696. The average Bonchev–Trinajstić information content (AvgIpc) is 2.78. The van der Waals surface area contributed by atoms with Crippen LogP contribution >= 0.6 is 0 Å². The number of anilines is 1. The topological polar surface area (TPSA) is 80.2 Å². The molecule has 1 amide bonds. The Morgan fingerprint density at radius 2 is 2.10 bits per heavy atom. The molecule has 29 heavy (non-hydrogen) atoms. The second kappa shape index (κ2) is 8.86. The molecule has 1 aromatic carbocycles. The maximum Gasteiger partial charge on any atom is 0.225 e. The van der Waals surface area contributed by atoms with E-state index in [1.807, 2.05) is 43.5 Å². The van der Waals surface area contributed by atoms with Gasteiger partial charge >= 0.3 is 0 Å². The lowest BCUT2D eigenvalue weighted by molar-refractivity contribution is -0.125. The summed E-state index contributed by atoms with van der Waals surface area (Å²) in [5.74, 6) is 0.846. The molecular formula is C22H25N5O2.